The minimum absolute atomic E-state index is 0.0392. The Morgan fingerprint density at radius 1 is 1.21 bits per heavy atom. The molecule has 1 rings (SSSR count). The van der Waals surface area contributed by atoms with Gasteiger partial charge in [-0.2, -0.15) is 0 Å². The molecule has 4 N–H and O–H groups in total. The van der Waals surface area contributed by atoms with Crippen LogP contribution >= 0.6 is 0 Å². The molecule has 0 aliphatic heterocycles. The quantitative estimate of drug-likeness (QED) is 0.572. The van der Waals surface area contributed by atoms with E-state index in [0.29, 0.717) is 19.5 Å². The van der Waals surface area contributed by atoms with Crippen LogP contribution in [0.5, 0.6) is 0 Å². The van der Waals surface area contributed by atoms with Crippen molar-refractivity contribution in [3.63, 3.8) is 0 Å². The van der Waals surface area contributed by atoms with Gasteiger partial charge >= 0.3 is 0 Å². The van der Waals surface area contributed by atoms with Crippen LogP contribution in [0.15, 0.2) is 0 Å². The van der Waals surface area contributed by atoms with E-state index >= 15 is 0 Å². The molecule has 0 atom stereocenters. The summed E-state index contributed by atoms with van der Waals surface area (Å²) in [6, 6.07) is 0. The fraction of sp³-hybridized carbons (Fsp3) is 0.917. The first kappa shape index (κ1) is 16.4. The Morgan fingerprint density at radius 2 is 1.84 bits per heavy atom. The molecule has 1 amide bonds. The maximum atomic E-state index is 11.9. The second kappa shape index (κ2) is 7.21. The average molecular weight is 291 g/mol. The van der Waals surface area contributed by atoms with E-state index in [9.17, 15) is 13.2 Å². The Hall–Kier alpha value is -0.660. The van der Waals surface area contributed by atoms with E-state index in [2.05, 4.69) is 10.0 Å². The Bertz CT molecular complexity index is 389. The third kappa shape index (κ3) is 6.35. The van der Waals surface area contributed by atoms with Gasteiger partial charge in [0.2, 0.25) is 15.9 Å². The maximum Gasteiger partial charge on any atom is 0.220 e. The third-order valence-electron chi connectivity index (χ3n) is 3.69. The first-order valence-corrected chi connectivity index (χ1v) is 8.67. The molecule has 0 heterocycles. The van der Waals surface area contributed by atoms with Crippen molar-refractivity contribution in [1.82, 2.24) is 10.0 Å². The highest BCUT2D eigenvalue weighted by molar-refractivity contribution is 7.88. The number of sulfonamides is 1. The molecule has 1 fully saturated rings. The van der Waals surface area contributed by atoms with E-state index in [4.69, 9.17) is 5.73 Å². The summed E-state index contributed by atoms with van der Waals surface area (Å²) < 4.78 is 24.0. The average Bonchev–Trinajstić information content (AvgIpc) is 2.35. The van der Waals surface area contributed by atoms with Crippen LogP contribution < -0.4 is 15.8 Å². The summed E-state index contributed by atoms with van der Waals surface area (Å²) >= 11 is 0. The minimum atomic E-state index is -3.19. The number of carbonyl (C=O) groups is 1. The van der Waals surface area contributed by atoms with Gasteiger partial charge in [-0.15, -0.1) is 0 Å². The minimum Gasteiger partial charge on any atom is -0.355 e. The van der Waals surface area contributed by atoms with Gasteiger partial charge in [0, 0.05) is 19.5 Å². The van der Waals surface area contributed by atoms with E-state index in [1.54, 1.807) is 0 Å². The summed E-state index contributed by atoms with van der Waals surface area (Å²) in [5, 5.41) is 2.74. The molecule has 6 nitrogen and oxygen atoms in total. The summed E-state index contributed by atoms with van der Waals surface area (Å²) in [4.78, 5) is 11.9. The lowest BCUT2D eigenvalue weighted by atomic mass is 9.71. The van der Waals surface area contributed by atoms with Crippen LogP contribution in [0.3, 0.4) is 0 Å². The van der Waals surface area contributed by atoms with Crippen LogP contribution in [0.2, 0.25) is 0 Å². The van der Waals surface area contributed by atoms with Crippen LogP contribution in [0.4, 0.5) is 0 Å². The van der Waals surface area contributed by atoms with E-state index in [1.807, 2.05) is 0 Å². The van der Waals surface area contributed by atoms with Crippen molar-refractivity contribution in [3.05, 3.63) is 0 Å². The van der Waals surface area contributed by atoms with Crippen LogP contribution in [-0.4, -0.2) is 40.2 Å². The predicted octanol–water partition coefficient (Wildman–Crippen LogP) is -0.0489. The maximum absolute atomic E-state index is 11.9. The number of hydrogen-bond donors (Lipinski definition) is 3. The number of hydrogen-bond acceptors (Lipinski definition) is 4. The second-order valence-corrected chi connectivity index (χ2v) is 7.29. The van der Waals surface area contributed by atoms with E-state index in [-0.39, 0.29) is 17.9 Å². The molecule has 1 aliphatic carbocycles. The number of nitrogens with one attached hydrogen (secondary N) is 2. The zero-order chi connectivity index (χ0) is 14.4. The number of amides is 1. The Balaban J connectivity index is 2.29. The largest absolute Gasteiger partial charge is 0.355 e. The van der Waals surface area contributed by atoms with Crippen molar-refractivity contribution in [2.75, 3.05) is 25.9 Å². The normalized spacial score (nSPS) is 19.1. The van der Waals surface area contributed by atoms with Crippen molar-refractivity contribution in [2.45, 2.75) is 38.5 Å². The second-order valence-electron chi connectivity index (χ2n) is 5.46. The van der Waals surface area contributed by atoms with Crippen molar-refractivity contribution < 1.29 is 13.2 Å². The molecule has 0 spiro atoms. The topological polar surface area (TPSA) is 101 Å². The van der Waals surface area contributed by atoms with Crippen molar-refractivity contribution in [1.29, 1.82) is 0 Å². The van der Waals surface area contributed by atoms with Gasteiger partial charge in [-0.25, -0.2) is 13.1 Å². The van der Waals surface area contributed by atoms with Crippen molar-refractivity contribution >= 4 is 15.9 Å². The number of carbonyl (C=O) groups excluding carboxylic acids is 1. The summed E-state index contributed by atoms with van der Waals surface area (Å²) in [5.41, 5.74) is 5.78. The standard InChI is InChI=1S/C12H25N3O3S/c1-19(17,18)15-8-7-14-11(16)9-12(10-13)5-3-2-4-6-12/h15H,2-10,13H2,1H3,(H,14,16). The lowest BCUT2D eigenvalue weighted by Gasteiger charge is -2.35. The van der Waals surface area contributed by atoms with Crippen LogP contribution in [-0.2, 0) is 14.8 Å². The summed E-state index contributed by atoms with van der Waals surface area (Å²) in [5.74, 6) is -0.0392. The monoisotopic (exact) mass is 291 g/mol. The van der Waals surface area contributed by atoms with Gasteiger partial charge in [-0.05, 0) is 24.8 Å². The fourth-order valence-corrected chi connectivity index (χ4v) is 3.07. The SMILES string of the molecule is CS(=O)(=O)NCCNC(=O)CC1(CN)CCCCC1. The molecule has 0 saturated heterocycles. The van der Waals surface area contributed by atoms with Gasteiger partial charge in [0.1, 0.15) is 0 Å². The molecule has 112 valence electrons. The molecule has 0 aromatic heterocycles. The highest BCUT2D eigenvalue weighted by atomic mass is 32.2. The number of rotatable bonds is 7. The van der Waals surface area contributed by atoms with Crippen LogP contribution in [0.25, 0.3) is 0 Å². The van der Waals surface area contributed by atoms with Gasteiger partial charge in [-0.1, -0.05) is 19.3 Å². The third-order valence-corrected chi connectivity index (χ3v) is 4.42. The smallest absolute Gasteiger partial charge is 0.220 e. The summed E-state index contributed by atoms with van der Waals surface area (Å²) in [6.07, 6.45) is 7.07. The van der Waals surface area contributed by atoms with Gasteiger partial charge in [0.25, 0.3) is 0 Å². The van der Waals surface area contributed by atoms with E-state index in [1.165, 1.54) is 6.42 Å². The van der Waals surface area contributed by atoms with E-state index < -0.39 is 10.0 Å². The number of nitrogens with two attached hydrogens (primary N) is 1. The van der Waals surface area contributed by atoms with E-state index in [0.717, 1.165) is 31.9 Å². The molecule has 1 aliphatic rings. The molecule has 0 aromatic rings. The first-order valence-electron chi connectivity index (χ1n) is 6.78. The highest BCUT2D eigenvalue weighted by Crippen LogP contribution is 2.38. The molecule has 7 heteroatoms. The van der Waals surface area contributed by atoms with Crippen molar-refractivity contribution in [2.24, 2.45) is 11.1 Å². The molecule has 0 unspecified atom stereocenters. The van der Waals surface area contributed by atoms with Crippen LogP contribution in [0, 0.1) is 5.41 Å². The van der Waals surface area contributed by atoms with Crippen molar-refractivity contribution in [3.8, 4) is 0 Å². The Labute approximate surface area is 115 Å². The van der Waals surface area contributed by atoms with Gasteiger partial charge in [0.05, 0.1) is 6.26 Å². The molecule has 19 heavy (non-hydrogen) atoms. The molecular weight excluding hydrogens is 266 g/mol. The Morgan fingerprint density at radius 3 is 2.37 bits per heavy atom. The zero-order valence-corrected chi connectivity index (χ0v) is 12.4. The van der Waals surface area contributed by atoms with Gasteiger partial charge < -0.3 is 11.1 Å². The molecule has 1 saturated carbocycles. The predicted molar refractivity (Wildman–Crippen MR) is 75.0 cm³/mol. The lowest BCUT2D eigenvalue weighted by molar-refractivity contribution is -0.123. The van der Waals surface area contributed by atoms with Gasteiger partial charge in [0.15, 0.2) is 0 Å². The van der Waals surface area contributed by atoms with Gasteiger partial charge in [-0.3, -0.25) is 4.79 Å². The molecular formula is C12H25N3O3S. The van der Waals surface area contributed by atoms with Crippen LogP contribution in [0.1, 0.15) is 38.5 Å². The zero-order valence-electron chi connectivity index (χ0n) is 11.6. The fourth-order valence-electron chi connectivity index (χ4n) is 2.60. The molecule has 0 aromatic carbocycles. The Kier molecular flexibility index (Phi) is 6.22. The molecule has 0 bridgehead atoms. The first-order chi connectivity index (χ1) is 8.87. The lowest BCUT2D eigenvalue weighted by Crippen LogP contribution is -2.40. The highest BCUT2D eigenvalue weighted by Gasteiger charge is 2.32. The summed E-state index contributed by atoms with van der Waals surface area (Å²) in [6.45, 7) is 1.08. The summed E-state index contributed by atoms with van der Waals surface area (Å²) in [7, 11) is -3.19. The molecule has 0 radical (unpaired) electrons.